The van der Waals surface area contributed by atoms with Gasteiger partial charge in [-0.05, 0) is 45.0 Å². The van der Waals surface area contributed by atoms with Gasteiger partial charge in [-0.2, -0.15) is 0 Å². The van der Waals surface area contributed by atoms with Crippen molar-refractivity contribution in [3.8, 4) is 11.5 Å². The maximum Gasteiger partial charge on any atom is 0.274 e. The summed E-state index contributed by atoms with van der Waals surface area (Å²) in [7, 11) is 0. The third-order valence-corrected chi connectivity index (χ3v) is 3.47. The van der Waals surface area contributed by atoms with Crippen LogP contribution in [0.25, 0.3) is 0 Å². The Bertz CT molecular complexity index is 789. The van der Waals surface area contributed by atoms with Crippen molar-refractivity contribution < 1.29 is 19.2 Å². The Morgan fingerprint density at radius 2 is 1.76 bits per heavy atom. The van der Waals surface area contributed by atoms with Crippen LogP contribution < -0.4 is 14.8 Å². The van der Waals surface area contributed by atoms with Crippen LogP contribution in [0.15, 0.2) is 36.4 Å². The van der Waals surface area contributed by atoms with Crippen molar-refractivity contribution in [2.45, 2.75) is 20.8 Å². The predicted octanol–water partition coefficient (Wildman–Crippen LogP) is 3.95. The first kappa shape index (κ1) is 18.3. The quantitative estimate of drug-likeness (QED) is 0.606. The summed E-state index contributed by atoms with van der Waals surface area (Å²) >= 11 is 0. The third kappa shape index (κ3) is 4.47. The average molecular weight is 344 g/mol. The molecule has 0 saturated carbocycles. The summed E-state index contributed by atoms with van der Waals surface area (Å²) in [4.78, 5) is 23.0. The largest absolute Gasteiger partial charge is 0.490 e. The third-order valence-electron chi connectivity index (χ3n) is 3.47. The Kier molecular flexibility index (Phi) is 5.94. The van der Waals surface area contributed by atoms with Gasteiger partial charge < -0.3 is 14.8 Å². The number of benzene rings is 2. The lowest BCUT2D eigenvalue weighted by molar-refractivity contribution is -0.385. The smallest absolute Gasteiger partial charge is 0.274 e. The number of hydrogen-bond donors (Lipinski definition) is 1. The Morgan fingerprint density at radius 3 is 2.40 bits per heavy atom. The van der Waals surface area contributed by atoms with Crippen LogP contribution in [0.2, 0.25) is 0 Å². The van der Waals surface area contributed by atoms with Crippen molar-refractivity contribution >= 4 is 17.3 Å². The molecule has 0 aliphatic rings. The fraction of sp³-hybridized carbons (Fsp3) is 0.278. The van der Waals surface area contributed by atoms with E-state index in [0.29, 0.717) is 41.5 Å². The number of nitrogens with zero attached hydrogens (tertiary/aromatic N) is 1. The molecule has 2 rings (SSSR count). The van der Waals surface area contributed by atoms with E-state index in [1.807, 2.05) is 13.8 Å². The fourth-order valence-corrected chi connectivity index (χ4v) is 2.28. The minimum atomic E-state index is -0.477. The van der Waals surface area contributed by atoms with Gasteiger partial charge in [0.25, 0.3) is 11.6 Å². The van der Waals surface area contributed by atoms with Crippen molar-refractivity contribution in [1.29, 1.82) is 0 Å². The monoisotopic (exact) mass is 344 g/mol. The summed E-state index contributed by atoms with van der Waals surface area (Å²) in [6.07, 6.45) is 0. The minimum absolute atomic E-state index is 0.0421. The second kappa shape index (κ2) is 8.14. The van der Waals surface area contributed by atoms with Crippen LogP contribution in [-0.4, -0.2) is 24.0 Å². The van der Waals surface area contributed by atoms with Crippen LogP contribution in [0.4, 0.5) is 11.4 Å². The highest BCUT2D eigenvalue weighted by molar-refractivity contribution is 6.04. The molecule has 0 aliphatic heterocycles. The van der Waals surface area contributed by atoms with Crippen LogP contribution >= 0.6 is 0 Å². The Labute approximate surface area is 145 Å². The van der Waals surface area contributed by atoms with Gasteiger partial charge in [-0.1, -0.05) is 6.07 Å². The number of rotatable bonds is 7. The topological polar surface area (TPSA) is 90.7 Å². The van der Waals surface area contributed by atoms with E-state index < -0.39 is 4.92 Å². The first-order valence-electron chi connectivity index (χ1n) is 7.92. The molecule has 0 atom stereocenters. The van der Waals surface area contributed by atoms with E-state index >= 15 is 0 Å². The van der Waals surface area contributed by atoms with Crippen LogP contribution in [0.5, 0.6) is 11.5 Å². The number of aryl methyl sites for hydroxylation is 1. The number of anilines is 1. The summed E-state index contributed by atoms with van der Waals surface area (Å²) in [6.45, 7) is 6.27. The van der Waals surface area contributed by atoms with Crippen molar-refractivity contribution in [2.24, 2.45) is 0 Å². The molecule has 2 aromatic carbocycles. The number of carbonyl (C=O) groups excluding carboxylic acids is 1. The number of amides is 1. The normalized spacial score (nSPS) is 10.2. The Morgan fingerprint density at radius 1 is 1.08 bits per heavy atom. The van der Waals surface area contributed by atoms with Gasteiger partial charge in [0.05, 0.1) is 18.1 Å². The van der Waals surface area contributed by atoms with Gasteiger partial charge in [-0.3, -0.25) is 14.9 Å². The van der Waals surface area contributed by atoms with E-state index in [1.165, 1.54) is 6.07 Å². The van der Waals surface area contributed by atoms with Gasteiger partial charge in [0.1, 0.15) is 0 Å². The number of hydrogen-bond acceptors (Lipinski definition) is 5. The lowest BCUT2D eigenvalue weighted by atomic mass is 10.1. The molecule has 0 bridgehead atoms. The van der Waals surface area contributed by atoms with Gasteiger partial charge in [0, 0.05) is 22.9 Å². The lowest BCUT2D eigenvalue weighted by Crippen LogP contribution is -2.12. The molecule has 1 N–H and O–H groups in total. The number of nitro benzene ring substituents is 1. The van der Waals surface area contributed by atoms with Crippen LogP contribution in [-0.2, 0) is 0 Å². The molecule has 0 aromatic heterocycles. The molecule has 0 spiro atoms. The summed E-state index contributed by atoms with van der Waals surface area (Å²) < 4.78 is 11.0. The Balaban J connectivity index is 2.24. The predicted molar refractivity (Wildman–Crippen MR) is 94.6 cm³/mol. The van der Waals surface area contributed by atoms with Gasteiger partial charge in [0.15, 0.2) is 11.5 Å². The van der Waals surface area contributed by atoms with Crippen molar-refractivity contribution in [1.82, 2.24) is 0 Å². The molecule has 7 heteroatoms. The number of ether oxygens (including phenoxy) is 2. The number of nitro groups is 1. The molecule has 7 nitrogen and oxygen atoms in total. The molecular formula is C18H20N2O5. The van der Waals surface area contributed by atoms with Crippen molar-refractivity contribution in [3.63, 3.8) is 0 Å². The summed E-state index contributed by atoms with van der Waals surface area (Å²) in [5, 5.41) is 13.7. The van der Waals surface area contributed by atoms with Gasteiger partial charge in [0.2, 0.25) is 0 Å². The first-order valence-corrected chi connectivity index (χ1v) is 7.92. The molecule has 0 fully saturated rings. The summed E-state index contributed by atoms with van der Waals surface area (Å²) in [6, 6.07) is 9.43. The number of carbonyl (C=O) groups is 1. The molecule has 25 heavy (non-hydrogen) atoms. The van der Waals surface area contributed by atoms with Gasteiger partial charge in [-0.15, -0.1) is 0 Å². The Hall–Kier alpha value is -3.09. The highest BCUT2D eigenvalue weighted by Crippen LogP contribution is 2.29. The summed E-state index contributed by atoms with van der Waals surface area (Å²) in [5.41, 5.74) is 1.21. The van der Waals surface area contributed by atoms with E-state index in [0.717, 1.165) is 0 Å². The zero-order valence-corrected chi connectivity index (χ0v) is 14.4. The van der Waals surface area contributed by atoms with E-state index in [2.05, 4.69) is 5.32 Å². The van der Waals surface area contributed by atoms with Crippen LogP contribution in [0, 0.1) is 17.0 Å². The van der Waals surface area contributed by atoms with E-state index in [9.17, 15) is 14.9 Å². The molecule has 1 amide bonds. The van der Waals surface area contributed by atoms with Gasteiger partial charge >= 0.3 is 0 Å². The number of nitrogens with one attached hydrogen (secondary N) is 1. The fourth-order valence-electron chi connectivity index (χ4n) is 2.28. The van der Waals surface area contributed by atoms with Crippen molar-refractivity contribution in [2.75, 3.05) is 18.5 Å². The average Bonchev–Trinajstić information content (AvgIpc) is 2.58. The molecule has 132 valence electrons. The molecule has 0 aliphatic carbocycles. The molecule has 2 aromatic rings. The standard InChI is InChI=1S/C18H20N2O5/c1-4-24-16-9-7-13(10-17(16)25-5-2)18(21)19-14-8-6-12(3)15(11-14)20(22)23/h6-11H,4-5H2,1-3H3,(H,19,21). The summed E-state index contributed by atoms with van der Waals surface area (Å²) in [5.74, 6) is 0.654. The maximum absolute atomic E-state index is 12.4. The van der Waals surface area contributed by atoms with E-state index in [1.54, 1.807) is 37.3 Å². The highest BCUT2D eigenvalue weighted by Gasteiger charge is 2.15. The molecular weight excluding hydrogens is 324 g/mol. The lowest BCUT2D eigenvalue weighted by Gasteiger charge is -2.12. The zero-order valence-electron chi connectivity index (χ0n) is 14.4. The zero-order chi connectivity index (χ0) is 18.4. The van der Waals surface area contributed by atoms with Crippen LogP contribution in [0.3, 0.4) is 0 Å². The first-order chi connectivity index (χ1) is 12.0. The molecule has 0 saturated heterocycles. The second-order valence-corrected chi connectivity index (χ2v) is 5.24. The van der Waals surface area contributed by atoms with Crippen molar-refractivity contribution in [3.05, 3.63) is 57.6 Å². The SMILES string of the molecule is CCOc1ccc(C(=O)Nc2ccc(C)c([N+](=O)[O-])c2)cc1OCC. The highest BCUT2D eigenvalue weighted by atomic mass is 16.6. The maximum atomic E-state index is 12.4. The van der Waals surface area contributed by atoms with E-state index in [-0.39, 0.29) is 11.6 Å². The molecule has 0 heterocycles. The van der Waals surface area contributed by atoms with Crippen LogP contribution in [0.1, 0.15) is 29.8 Å². The van der Waals surface area contributed by atoms with E-state index in [4.69, 9.17) is 9.47 Å². The minimum Gasteiger partial charge on any atom is -0.490 e. The second-order valence-electron chi connectivity index (χ2n) is 5.24. The molecule has 0 unspecified atom stereocenters. The van der Waals surface area contributed by atoms with Gasteiger partial charge in [-0.25, -0.2) is 0 Å². The molecule has 0 radical (unpaired) electrons.